The molecule has 1 aliphatic rings. The number of amides is 1. The van der Waals surface area contributed by atoms with Gasteiger partial charge in [-0.15, -0.1) is 10.2 Å². The maximum atomic E-state index is 12.6. The Hall–Kier alpha value is -1.91. The summed E-state index contributed by atoms with van der Waals surface area (Å²) in [4.78, 5) is 14.5. The molecule has 0 N–H and O–H groups in total. The Morgan fingerprint density at radius 3 is 2.57 bits per heavy atom. The van der Waals surface area contributed by atoms with Crippen LogP contribution >= 0.6 is 11.8 Å². The first-order valence-corrected chi connectivity index (χ1v) is 12.6. The molecule has 1 saturated heterocycles. The molecule has 0 bridgehead atoms. The topological polar surface area (TPSA) is 96.6 Å². The highest BCUT2D eigenvalue weighted by Crippen LogP contribution is 2.26. The number of thioether (sulfide) groups is 1. The normalized spacial score (nSPS) is 17.5. The summed E-state index contributed by atoms with van der Waals surface area (Å²) in [6, 6.07) is 6.39. The Labute approximate surface area is 182 Å². The van der Waals surface area contributed by atoms with Crippen molar-refractivity contribution in [3.63, 3.8) is 0 Å². The van der Waals surface area contributed by atoms with Gasteiger partial charge in [0.25, 0.3) is 5.22 Å². The zero-order valence-corrected chi connectivity index (χ0v) is 19.2. The van der Waals surface area contributed by atoms with E-state index in [1.54, 1.807) is 24.3 Å². The van der Waals surface area contributed by atoms with Crippen LogP contribution in [-0.2, 0) is 14.8 Å². The maximum absolute atomic E-state index is 12.6. The minimum Gasteiger partial charge on any atom is -0.411 e. The zero-order valence-electron chi connectivity index (χ0n) is 17.6. The average molecular weight is 453 g/mol. The molecule has 0 unspecified atom stereocenters. The van der Waals surface area contributed by atoms with Crippen LogP contribution in [0.15, 0.2) is 38.8 Å². The Morgan fingerprint density at radius 2 is 1.93 bits per heavy atom. The number of nitrogens with zero attached hydrogens (tertiary/aromatic N) is 4. The van der Waals surface area contributed by atoms with E-state index in [1.165, 1.54) is 22.5 Å². The Bertz CT molecular complexity index is 955. The van der Waals surface area contributed by atoms with Gasteiger partial charge in [-0.3, -0.25) is 4.79 Å². The van der Waals surface area contributed by atoms with E-state index < -0.39 is 10.0 Å². The average Bonchev–Trinajstić information content (AvgIpc) is 3.22. The smallest absolute Gasteiger partial charge is 0.277 e. The number of rotatable bonds is 8. The fourth-order valence-electron chi connectivity index (χ4n) is 3.50. The van der Waals surface area contributed by atoms with Crippen LogP contribution in [0.1, 0.15) is 33.6 Å². The molecule has 1 aromatic carbocycles. The predicted molar refractivity (Wildman–Crippen MR) is 116 cm³/mol. The SMILES string of the molecule is CCN(CC)S(=O)(=O)c1ccc(-c2nnc(SCC(=O)N3CCC[C@@H](C)C3)o2)cc1. The van der Waals surface area contributed by atoms with Crippen LogP contribution < -0.4 is 0 Å². The van der Waals surface area contributed by atoms with Gasteiger partial charge in [-0.25, -0.2) is 8.42 Å². The highest BCUT2D eigenvalue weighted by atomic mass is 32.2. The first-order valence-electron chi connectivity index (χ1n) is 10.2. The van der Waals surface area contributed by atoms with Crippen molar-refractivity contribution in [3.8, 4) is 11.5 Å². The van der Waals surface area contributed by atoms with Crippen LogP contribution in [0, 0.1) is 5.92 Å². The minimum absolute atomic E-state index is 0.0808. The fourth-order valence-corrected chi connectivity index (χ4v) is 5.62. The molecule has 1 amide bonds. The van der Waals surface area contributed by atoms with E-state index >= 15 is 0 Å². The van der Waals surface area contributed by atoms with Gasteiger partial charge in [0.05, 0.1) is 10.6 Å². The lowest BCUT2D eigenvalue weighted by atomic mass is 10.0. The lowest BCUT2D eigenvalue weighted by Crippen LogP contribution is -2.40. The number of carbonyl (C=O) groups excluding carboxylic acids is 1. The van der Waals surface area contributed by atoms with Crippen LogP contribution in [-0.4, -0.2) is 65.7 Å². The molecular formula is C20H28N4O4S2. The van der Waals surface area contributed by atoms with Gasteiger partial charge in [-0.05, 0) is 43.0 Å². The molecule has 10 heteroatoms. The molecule has 3 rings (SSSR count). The molecule has 164 valence electrons. The predicted octanol–water partition coefficient (Wildman–Crippen LogP) is 3.12. The molecule has 2 heterocycles. The molecule has 0 saturated carbocycles. The molecule has 0 radical (unpaired) electrons. The van der Waals surface area contributed by atoms with Gasteiger partial charge in [0.15, 0.2) is 0 Å². The van der Waals surface area contributed by atoms with E-state index in [1.807, 2.05) is 18.7 Å². The van der Waals surface area contributed by atoms with E-state index in [0.29, 0.717) is 35.7 Å². The number of sulfonamides is 1. The second-order valence-corrected chi connectivity index (χ2v) is 10.2. The molecule has 1 aromatic heterocycles. The summed E-state index contributed by atoms with van der Waals surface area (Å²) in [5, 5.41) is 8.35. The summed E-state index contributed by atoms with van der Waals surface area (Å²) in [7, 11) is -3.51. The highest BCUT2D eigenvalue weighted by molar-refractivity contribution is 7.99. The van der Waals surface area contributed by atoms with Crippen molar-refractivity contribution in [3.05, 3.63) is 24.3 Å². The van der Waals surface area contributed by atoms with Crippen molar-refractivity contribution in [2.75, 3.05) is 31.9 Å². The number of hydrogen-bond donors (Lipinski definition) is 0. The summed E-state index contributed by atoms with van der Waals surface area (Å²) in [5.41, 5.74) is 0.629. The summed E-state index contributed by atoms with van der Waals surface area (Å²) < 4.78 is 32.2. The molecule has 0 spiro atoms. The molecule has 8 nitrogen and oxygen atoms in total. The van der Waals surface area contributed by atoms with Gasteiger partial charge in [0.2, 0.25) is 21.8 Å². The van der Waals surface area contributed by atoms with Crippen molar-refractivity contribution in [2.24, 2.45) is 5.92 Å². The summed E-state index contributed by atoms with van der Waals surface area (Å²) >= 11 is 1.22. The van der Waals surface area contributed by atoms with Gasteiger partial charge in [-0.1, -0.05) is 32.5 Å². The second kappa shape index (κ2) is 9.93. The lowest BCUT2D eigenvalue weighted by molar-refractivity contribution is -0.130. The molecular weight excluding hydrogens is 424 g/mol. The van der Waals surface area contributed by atoms with E-state index in [9.17, 15) is 13.2 Å². The van der Waals surface area contributed by atoms with Crippen LogP contribution in [0.5, 0.6) is 0 Å². The number of aromatic nitrogens is 2. The third kappa shape index (κ3) is 5.22. The maximum Gasteiger partial charge on any atom is 0.277 e. The van der Waals surface area contributed by atoms with Crippen LogP contribution in [0.25, 0.3) is 11.5 Å². The minimum atomic E-state index is -3.51. The molecule has 1 aliphatic heterocycles. The standard InChI is InChI=1S/C20H28N4O4S2/c1-4-24(5-2)30(26,27)17-10-8-16(9-11-17)19-21-22-20(28-19)29-14-18(25)23-12-6-7-15(3)13-23/h8-11,15H,4-7,12-14H2,1-3H3/t15-/m1/s1. The Balaban J connectivity index is 1.62. The lowest BCUT2D eigenvalue weighted by Gasteiger charge is -2.30. The number of carbonyl (C=O) groups is 1. The Morgan fingerprint density at radius 1 is 1.23 bits per heavy atom. The van der Waals surface area contributed by atoms with Gasteiger partial charge < -0.3 is 9.32 Å². The highest BCUT2D eigenvalue weighted by Gasteiger charge is 2.23. The molecule has 1 fully saturated rings. The molecule has 2 aromatic rings. The third-order valence-electron chi connectivity index (χ3n) is 5.18. The molecule has 0 aliphatic carbocycles. The largest absolute Gasteiger partial charge is 0.411 e. The number of likely N-dealkylation sites (tertiary alicyclic amines) is 1. The van der Waals surface area contributed by atoms with Crippen molar-refractivity contribution >= 4 is 27.7 Å². The third-order valence-corrected chi connectivity index (χ3v) is 8.05. The number of hydrogen-bond acceptors (Lipinski definition) is 7. The quantitative estimate of drug-likeness (QED) is 0.568. The van der Waals surface area contributed by atoms with E-state index in [2.05, 4.69) is 17.1 Å². The van der Waals surface area contributed by atoms with Crippen molar-refractivity contribution < 1.29 is 17.6 Å². The van der Waals surface area contributed by atoms with Gasteiger partial charge in [0, 0.05) is 31.7 Å². The van der Waals surface area contributed by atoms with Crippen LogP contribution in [0.3, 0.4) is 0 Å². The van der Waals surface area contributed by atoms with E-state index in [4.69, 9.17) is 4.42 Å². The van der Waals surface area contributed by atoms with Crippen LogP contribution in [0.2, 0.25) is 0 Å². The number of benzene rings is 1. The molecule has 1 atom stereocenters. The summed E-state index contributed by atoms with van der Waals surface area (Å²) in [6.07, 6.45) is 2.21. The summed E-state index contributed by atoms with van der Waals surface area (Å²) in [6.45, 7) is 8.22. The second-order valence-electron chi connectivity index (χ2n) is 7.36. The Kier molecular flexibility index (Phi) is 7.54. The van der Waals surface area contributed by atoms with Gasteiger partial charge in [0.1, 0.15) is 0 Å². The van der Waals surface area contributed by atoms with Gasteiger partial charge in [-0.2, -0.15) is 4.31 Å². The van der Waals surface area contributed by atoms with Gasteiger partial charge >= 0.3 is 0 Å². The fraction of sp³-hybridized carbons (Fsp3) is 0.550. The van der Waals surface area contributed by atoms with E-state index in [-0.39, 0.29) is 16.6 Å². The van der Waals surface area contributed by atoms with Crippen molar-refractivity contribution in [1.29, 1.82) is 0 Å². The first-order chi connectivity index (χ1) is 14.3. The van der Waals surface area contributed by atoms with Crippen molar-refractivity contribution in [2.45, 2.75) is 43.7 Å². The summed E-state index contributed by atoms with van der Waals surface area (Å²) in [5.74, 6) is 1.17. The van der Waals surface area contributed by atoms with Crippen LogP contribution in [0.4, 0.5) is 0 Å². The first kappa shape index (κ1) is 22.8. The monoisotopic (exact) mass is 452 g/mol. The number of piperidine rings is 1. The van der Waals surface area contributed by atoms with Crippen molar-refractivity contribution in [1.82, 2.24) is 19.4 Å². The zero-order chi connectivity index (χ0) is 21.7. The molecule has 30 heavy (non-hydrogen) atoms. The van der Waals surface area contributed by atoms with E-state index in [0.717, 1.165) is 19.5 Å².